The number of nitrogens with zero attached hydrogens (tertiary/aromatic N) is 1. The Labute approximate surface area is 165 Å². The highest BCUT2D eigenvalue weighted by Gasteiger charge is 2.11. The second kappa shape index (κ2) is 9.54. The lowest BCUT2D eigenvalue weighted by Crippen LogP contribution is -2.36. The van der Waals surface area contributed by atoms with E-state index in [4.69, 9.17) is 4.74 Å². The molecule has 2 N–H and O–H groups in total. The Bertz CT molecular complexity index is 959. The quantitative estimate of drug-likeness (QED) is 0.545. The molecule has 0 radical (unpaired) electrons. The zero-order chi connectivity index (χ0) is 20.7. The van der Waals surface area contributed by atoms with Gasteiger partial charge in [0.25, 0.3) is 0 Å². The van der Waals surface area contributed by atoms with Gasteiger partial charge in [-0.05, 0) is 47.4 Å². The van der Waals surface area contributed by atoms with E-state index in [-0.39, 0.29) is 12.3 Å². The molecule has 0 saturated heterocycles. The van der Waals surface area contributed by atoms with Gasteiger partial charge in [0.2, 0.25) is 0 Å². The molecule has 0 aromatic heterocycles. The number of guanidine groups is 1. The highest BCUT2D eigenvalue weighted by atomic mass is 32.2. The van der Waals surface area contributed by atoms with Crippen LogP contribution in [0.5, 0.6) is 5.75 Å². The first-order valence-corrected chi connectivity index (χ1v) is 10.8. The minimum Gasteiger partial charge on any atom is -0.496 e. The van der Waals surface area contributed by atoms with E-state index in [1.807, 2.05) is 25.1 Å². The van der Waals surface area contributed by atoms with Crippen LogP contribution in [-0.4, -0.2) is 34.8 Å². The van der Waals surface area contributed by atoms with Crippen molar-refractivity contribution in [2.24, 2.45) is 4.99 Å². The average Bonchev–Trinajstić information content (AvgIpc) is 2.64. The average molecular weight is 408 g/mol. The molecular weight excluding hydrogens is 381 g/mol. The molecule has 0 heterocycles. The summed E-state index contributed by atoms with van der Waals surface area (Å²) in [7, 11) is 0.0440. The fourth-order valence-corrected chi connectivity index (χ4v) is 3.59. The molecule has 0 atom stereocenters. The molecule has 6 nitrogen and oxygen atoms in total. The molecule has 2 rings (SSSR count). The van der Waals surface area contributed by atoms with E-state index in [0.717, 1.165) is 23.1 Å². The van der Waals surface area contributed by atoms with Crippen molar-refractivity contribution in [3.8, 4) is 5.75 Å². The van der Waals surface area contributed by atoms with Gasteiger partial charge in [-0.1, -0.05) is 18.2 Å². The van der Waals surface area contributed by atoms with Crippen molar-refractivity contribution in [3.63, 3.8) is 0 Å². The van der Waals surface area contributed by atoms with Crippen LogP contribution in [0.1, 0.15) is 22.3 Å². The molecule has 8 heteroatoms. The van der Waals surface area contributed by atoms with E-state index in [2.05, 4.69) is 15.6 Å². The fourth-order valence-electron chi connectivity index (χ4n) is 2.74. The van der Waals surface area contributed by atoms with E-state index < -0.39 is 15.7 Å². The van der Waals surface area contributed by atoms with Gasteiger partial charge in [0, 0.05) is 26.4 Å². The number of halogens is 1. The zero-order valence-corrected chi connectivity index (χ0v) is 17.4. The lowest BCUT2D eigenvalue weighted by molar-refractivity contribution is 0.411. The lowest BCUT2D eigenvalue weighted by atomic mass is 10.1. The fraction of sp³-hybridized carbons (Fsp3) is 0.350. The van der Waals surface area contributed by atoms with Gasteiger partial charge < -0.3 is 15.4 Å². The summed E-state index contributed by atoms with van der Waals surface area (Å²) < 4.78 is 42.2. The summed E-state index contributed by atoms with van der Waals surface area (Å²) >= 11 is 0. The van der Waals surface area contributed by atoms with Gasteiger partial charge in [0.15, 0.2) is 15.8 Å². The van der Waals surface area contributed by atoms with Gasteiger partial charge in [-0.15, -0.1) is 0 Å². The van der Waals surface area contributed by atoms with Crippen molar-refractivity contribution in [1.82, 2.24) is 10.6 Å². The molecule has 0 saturated carbocycles. The van der Waals surface area contributed by atoms with Crippen LogP contribution < -0.4 is 15.4 Å². The number of hydrogen-bond acceptors (Lipinski definition) is 4. The van der Waals surface area contributed by atoms with Gasteiger partial charge in [-0.25, -0.2) is 12.8 Å². The number of rotatable bonds is 7. The summed E-state index contributed by atoms with van der Waals surface area (Å²) in [6, 6.07) is 10.0. The number of benzene rings is 2. The van der Waals surface area contributed by atoms with Gasteiger partial charge in [0.1, 0.15) is 11.6 Å². The normalized spacial score (nSPS) is 12.0. The van der Waals surface area contributed by atoms with Crippen LogP contribution >= 0.6 is 0 Å². The molecule has 0 bridgehead atoms. The van der Waals surface area contributed by atoms with Crippen molar-refractivity contribution >= 4 is 15.8 Å². The van der Waals surface area contributed by atoms with E-state index in [1.54, 1.807) is 14.2 Å². The smallest absolute Gasteiger partial charge is 0.191 e. The molecule has 0 fully saturated rings. The molecule has 2 aromatic rings. The first-order valence-electron chi connectivity index (χ1n) is 8.75. The number of nitrogens with one attached hydrogen (secondary N) is 2. The zero-order valence-electron chi connectivity index (χ0n) is 16.5. The van der Waals surface area contributed by atoms with Crippen molar-refractivity contribution in [1.29, 1.82) is 0 Å². The molecule has 28 heavy (non-hydrogen) atoms. The van der Waals surface area contributed by atoms with Crippen LogP contribution in [0.15, 0.2) is 41.4 Å². The first kappa shape index (κ1) is 21.7. The van der Waals surface area contributed by atoms with Crippen LogP contribution in [0, 0.1) is 12.7 Å². The Hall–Kier alpha value is -2.61. The highest BCUT2D eigenvalue weighted by molar-refractivity contribution is 7.89. The van der Waals surface area contributed by atoms with Crippen LogP contribution in [0.25, 0.3) is 0 Å². The van der Waals surface area contributed by atoms with Crippen molar-refractivity contribution in [2.75, 3.05) is 20.4 Å². The van der Waals surface area contributed by atoms with Gasteiger partial charge >= 0.3 is 0 Å². The maximum absolute atomic E-state index is 13.6. The minimum absolute atomic E-state index is 0.139. The number of ether oxygens (including phenoxy) is 1. The summed E-state index contributed by atoms with van der Waals surface area (Å²) in [6.45, 7) is 2.75. The Morgan fingerprint density at radius 3 is 2.46 bits per heavy atom. The SMILES string of the molecule is CN=C(NCc1ccc(C)c(OC)c1)NCc1cc(F)ccc1CS(C)(=O)=O. The standard InChI is InChI=1S/C20H26FN3O3S/c1-14-5-6-15(9-19(14)27-3)11-23-20(22-2)24-12-17-10-18(21)8-7-16(17)13-28(4,25)26/h5-10H,11-13H2,1-4H3,(H2,22,23,24). The second-order valence-electron chi connectivity index (χ2n) is 6.57. The monoisotopic (exact) mass is 407 g/mol. The van der Waals surface area contributed by atoms with Crippen LogP contribution in [0.3, 0.4) is 0 Å². The van der Waals surface area contributed by atoms with Gasteiger partial charge in [-0.3, -0.25) is 4.99 Å². The number of aliphatic imine (C=N–C) groups is 1. The largest absolute Gasteiger partial charge is 0.496 e. The Kier molecular flexibility index (Phi) is 7.39. The van der Waals surface area contributed by atoms with E-state index >= 15 is 0 Å². The second-order valence-corrected chi connectivity index (χ2v) is 8.71. The predicted octanol–water partition coefficient (Wildman–Crippen LogP) is 2.55. The number of sulfone groups is 1. The van der Waals surface area contributed by atoms with E-state index in [0.29, 0.717) is 23.6 Å². The summed E-state index contributed by atoms with van der Waals surface area (Å²) in [6.07, 6.45) is 1.16. The molecule has 152 valence electrons. The molecule has 0 spiro atoms. The molecule has 0 aliphatic heterocycles. The first-order chi connectivity index (χ1) is 13.2. The molecule has 0 amide bonds. The number of hydrogen-bond donors (Lipinski definition) is 2. The molecular formula is C20H26FN3O3S. The third-order valence-electron chi connectivity index (χ3n) is 4.19. The molecule has 0 aliphatic rings. The summed E-state index contributed by atoms with van der Waals surface area (Å²) in [5, 5.41) is 6.28. The summed E-state index contributed by atoms with van der Waals surface area (Å²) in [5.41, 5.74) is 3.22. The third kappa shape index (κ3) is 6.53. The Morgan fingerprint density at radius 2 is 1.82 bits per heavy atom. The lowest BCUT2D eigenvalue weighted by Gasteiger charge is -2.15. The summed E-state index contributed by atoms with van der Waals surface area (Å²) in [5.74, 6) is 0.782. The predicted molar refractivity (Wildman–Crippen MR) is 110 cm³/mol. The molecule has 0 aliphatic carbocycles. The van der Waals surface area contributed by atoms with Gasteiger partial charge in [-0.2, -0.15) is 0 Å². The Morgan fingerprint density at radius 1 is 1.11 bits per heavy atom. The van der Waals surface area contributed by atoms with Crippen molar-refractivity contribution < 1.29 is 17.5 Å². The summed E-state index contributed by atoms with van der Waals surface area (Å²) in [4.78, 5) is 4.16. The molecule has 2 aromatic carbocycles. The maximum Gasteiger partial charge on any atom is 0.191 e. The van der Waals surface area contributed by atoms with E-state index in [9.17, 15) is 12.8 Å². The van der Waals surface area contributed by atoms with Crippen LogP contribution in [0.4, 0.5) is 4.39 Å². The van der Waals surface area contributed by atoms with Crippen LogP contribution in [0.2, 0.25) is 0 Å². The van der Waals surface area contributed by atoms with Crippen molar-refractivity contribution in [2.45, 2.75) is 25.8 Å². The number of methoxy groups -OCH3 is 1. The Balaban J connectivity index is 2.03. The van der Waals surface area contributed by atoms with Crippen molar-refractivity contribution in [3.05, 3.63) is 64.5 Å². The van der Waals surface area contributed by atoms with Crippen LogP contribution in [-0.2, 0) is 28.7 Å². The number of aryl methyl sites for hydroxylation is 1. The van der Waals surface area contributed by atoms with Gasteiger partial charge in [0.05, 0.1) is 12.9 Å². The minimum atomic E-state index is -3.22. The third-order valence-corrected chi connectivity index (χ3v) is 5.02. The highest BCUT2D eigenvalue weighted by Crippen LogP contribution is 2.19. The topological polar surface area (TPSA) is 79.8 Å². The maximum atomic E-state index is 13.6. The molecule has 0 unspecified atom stereocenters. The van der Waals surface area contributed by atoms with E-state index in [1.165, 1.54) is 18.2 Å².